The number of benzene rings is 1. The quantitative estimate of drug-likeness (QED) is 0.846. The molecule has 1 aromatic heterocycles. The van der Waals surface area contributed by atoms with Gasteiger partial charge in [0.1, 0.15) is 0 Å². The fourth-order valence-corrected chi connectivity index (χ4v) is 2.88. The molecule has 0 saturated carbocycles. The van der Waals surface area contributed by atoms with Crippen molar-refractivity contribution in [3.8, 4) is 0 Å². The molecule has 0 radical (unpaired) electrons. The summed E-state index contributed by atoms with van der Waals surface area (Å²) in [5.41, 5.74) is 3.62. The van der Waals surface area contributed by atoms with Crippen LogP contribution in [0.5, 0.6) is 0 Å². The summed E-state index contributed by atoms with van der Waals surface area (Å²) in [5, 5.41) is 9.89. The SMILES string of the molecule is CCc1cc(C(=O)O)cc(SCc2ccccc2C)n1. The van der Waals surface area contributed by atoms with E-state index >= 15 is 0 Å². The summed E-state index contributed by atoms with van der Waals surface area (Å²) in [6, 6.07) is 11.5. The van der Waals surface area contributed by atoms with Crippen LogP contribution in [0.4, 0.5) is 0 Å². The molecular formula is C16H17NO2S. The molecule has 0 spiro atoms. The number of thioether (sulfide) groups is 1. The maximum atomic E-state index is 11.1. The van der Waals surface area contributed by atoms with Gasteiger partial charge in [0.15, 0.2) is 0 Å². The second-order valence-electron chi connectivity index (χ2n) is 4.56. The van der Waals surface area contributed by atoms with E-state index in [0.717, 1.165) is 22.9 Å². The highest BCUT2D eigenvalue weighted by Crippen LogP contribution is 2.24. The highest BCUT2D eigenvalue weighted by molar-refractivity contribution is 7.98. The Labute approximate surface area is 123 Å². The van der Waals surface area contributed by atoms with Gasteiger partial charge in [0, 0.05) is 11.4 Å². The van der Waals surface area contributed by atoms with Gasteiger partial charge >= 0.3 is 5.97 Å². The smallest absolute Gasteiger partial charge is 0.335 e. The van der Waals surface area contributed by atoms with E-state index in [0.29, 0.717) is 5.56 Å². The van der Waals surface area contributed by atoms with Crippen LogP contribution in [0.25, 0.3) is 0 Å². The van der Waals surface area contributed by atoms with Gasteiger partial charge in [-0.1, -0.05) is 31.2 Å². The van der Waals surface area contributed by atoms with E-state index in [1.165, 1.54) is 11.1 Å². The Hall–Kier alpha value is -1.81. The molecule has 0 unspecified atom stereocenters. The highest BCUT2D eigenvalue weighted by atomic mass is 32.2. The van der Waals surface area contributed by atoms with E-state index < -0.39 is 5.97 Å². The molecule has 2 aromatic rings. The maximum absolute atomic E-state index is 11.1. The lowest BCUT2D eigenvalue weighted by Gasteiger charge is -2.07. The van der Waals surface area contributed by atoms with Crippen molar-refractivity contribution in [2.45, 2.75) is 31.0 Å². The van der Waals surface area contributed by atoms with E-state index in [9.17, 15) is 4.79 Å². The molecule has 0 atom stereocenters. The number of aryl methyl sites for hydroxylation is 2. The Morgan fingerprint density at radius 2 is 2.05 bits per heavy atom. The van der Waals surface area contributed by atoms with E-state index in [1.807, 2.05) is 19.1 Å². The number of carbonyl (C=O) groups is 1. The molecule has 3 nitrogen and oxygen atoms in total. The molecule has 1 N–H and O–H groups in total. The zero-order valence-corrected chi connectivity index (χ0v) is 12.4. The van der Waals surface area contributed by atoms with Gasteiger partial charge in [0.25, 0.3) is 0 Å². The average molecular weight is 287 g/mol. The summed E-state index contributed by atoms with van der Waals surface area (Å²) in [6.07, 6.45) is 0.735. The number of hydrogen-bond donors (Lipinski definition) is 1. The largest absolute Gasteiger partial charge is 0.478 e. The molecule has 4 heteroatoms. The Kier molecular flexibility index (Phi) is 4.79. The van der Waals surface area contributed by atoms with Crippen LogP contribution in [0.1, 0.15) is 34.1 Å². The zero-order chi connectivity index (χ0) is 14.5. The minimum absolute atomic E-state index is 0.309. The van der Waals surface area contributed by atoms with Crippen LogP contribution in [-0.2, 0) is 12.2 Å². The Morgan fingerprint density at radius 1 is 1.30 bits per heavy atom. The van der Waals surface area contributed by atoms with Gasteiger partial charge in [0.05, 0.1) is 10.6 Å². The Balaban J connectivity index is 2.19. The Bertz CT molecular complexity index is 626. The van der Waals surface area contributed by atoms with Gasteiger partial charge in [-0.3, -0.25) is 0 Å². The fraction of sp³-hybridized carbons (Fsp3) is 0.250. The Morgan fingerprint density at radius 3 is 2.70 bits per heavy atom. The lowest BCUT2D eigenvalue weighted by molar-refractivity contribution is 0.0696. The van der Waals surface area contributed by atoms with E-state index in [1.54, 1.807) is 23.9 Å². The molecule has 0 aliphatic heterocycles. The third-order valence-corrected chi connectivity index (χ3v) is 4.06. The molecule has 0 fully saturated rings. The first-order chi connectivity index (χ1) is 9.60. The molecule has 0 bridgehead atoms. The van der Waals surface area contributed by atoms with Crippen molar-refractivity contribution in [1.82, 2.24) is 4.98 Å². The first-order valence-electron chi connectivity index (χ1n) is 6.51. The number of aromatic nitrogens is 1. The molecular weight excluding hydrogens is 270 g/mol. The van der Waals surface area contributed by atoms with Crippen molar-refractivity contribution >= 4 is 17.7 Å². The second-order valence-corrected chi connectivity index (χ2v) is 5.55. The van der Waals surface area contributed by atoms with E-state index in [2.05, 4.69) is 24.0 Å². The molecule has 0 saturated heterocycles. The van der Waals surface area contributed by atoms with Crippen LogP contribution in [0.15, 0.2) is 41.4 Å². The van der Waals surface area contributed by atoms with Crippen LogP contribution < -0.4 is 0 Å². The van der Waals surface area contributed by atoms with Crippen LogP contribution in [0.2, 0.25) is 0 Å². The second kappa shape index (κ2) is 6.57. The minimum Gasteiger partial charge on any atom is -0.478 e. The van der Waals surface area contributed by atoms with Crippen LogP contribution >= 0.6 is 11.8 Å². The molecule has 1 aromatic carbocycles. The summed E-state index contributed by atoms with van der Waals surface area (Å²) in [6.45, 7) is 4.05. The van der Waals surface area contributed by atoms with E-state index in [-0.39, 0.29) is 0 Å². The van der Waals surface area contributed by atoms with Gasteiger partial charge in [-0.25, -0.2) is 9.78 Å². The number of nitrogens with zero attached hydrogens (tertiary/aromatic N) is 1. The first kappa shape index (κ1) is 14.6. The average Bonchev–Trinajstić information content (AvgIpc) is 2.46. The summed E-state index contributed by atoms with van der Waals surface area (Å²) >= 11 is 1.57. The van der Waals surface area contributed by atoms with Crippen molar-refractivity contribution in [3.63, 3.8) is 0 Å². The molecule has 2 rings (SSSR count). The predicted molar refractivity (Wildman–Crippen MR) is 81.3 cm³/mol. The first-order valence-corrected chi connectivity index (χ1v) is 7.50. The molecule has 20 heavy (non-hydrogen) atoms. The van der Waals surface area contributed by atoms with Gasteiger partial charge in [-0.15, -0.1) is 11.8 Å². The van der Waals surface area contributed by atoms with Crippen molar-refractivity contribution in [3.05, 3.63) is 58.8 Å². The highest BCUT2D eigenvalue weighted by Gasteiger charge is 2.08. The van der Waals surface area contributed by atoms with Crippen molar-refractivity contribution in [2.24, 2.45) is 0 Å². The fourth-order valence-electron chi connectivity index (χ4n) is 1.86. The minimum atomic E-state index is -0.903. The molecule has 104 valence electrons. The summed E-state index contributed by atoms with van der Waals surface area (Å²) in [4.78, 5) is 15.6. The topological polar surface area (TPSA) is 50.2 Å². The third kappa shape index (κ3) is 3.61. The molecule has 0 amide bonds. The predicted octanol–water partition coefficient (Wildman–Crippen LogP) is 3.94. The normalized spacial score (nSPS) is 10.5. The van der Waals surface area contributed by atoms with Gasteiger partial charge in [-0.2, -0.15) is 0 Å². The summed E-state index contributed by atoms with van der Waals surface area (Å²) < 4.78 is 0. The number of carboxylic acids is 1. The molecule has 0 aliphatic rings. The number of carboxylic acid groups (broad SMARTS) is 1. The van der Waals surface area contributed by atoms with Crippen LogP contribution in [0, 0.1) is 6.92 Å². The number of hydrogen-bond acceptors (Lipinski definition) is 3. The van der Waals surface area contributed by atoms with Crippen LogP contribution in [0.3, 0.4) is 0 Å². The summed E-state index contributed by atoms with van der Waals surface area (Å²) in [5.74, 6) is -0.105. The maximum Gasteiger partial charge on any atom is 0.335 e. The van der Waals surface area contributed by atoms with E-state index in [4.69, 9.17) is 5.11 Å². The molecule has 1 heterocycles. The lowest BCUT2D eigenvalue weighted by atomic mass is 10.1. The number of rotatable bonds is 5. The summed E-state index contributed by atoms with van der Waals surface area (Å²) in [7, 11) is 0. The van der Waals surface area contributed by atoms with Gasteiger partial charge < -0.3 is 5.11 Å². The standard InChI is InChI=1S/C16H17NO2S/c1-3-14-8-13(16(18)19)9-15(17-14)20-10-12-7-5-4-6-11(12)2/h4-9H,3,10H2,1-2H3,(H,18,19). The zero-order valence-electron chi connectivity index (χ0n) is 11.6. The number of aromatic carboxylic acids is 1. The third-order valence-electron chi connectivity index (χ3n) is 3.10. The van der Waals surface area contributed by atoms with Crippen molar-refractivity contribution in [1.29, 1.82) is 0 Å². The molecule has 0 aliphatic carbocycles. The monoisotopic (exact) mass is 287 g/mol. The van der Waals surface area contributed by atoms with Crippen LogP contribution in [-0.4, -0.2) is 16.1 Å². The van der Waals surface area contributed by atoms with Crippen molar-refractivity contribution in [2.75, 3.05) is 0 Å². The van der Waals surface area contributed by atoms with Crippen molar-refractivity contribution < 1.29 is 9.90 Å². The van der Waals surface area contributed by atoms with Gasteiger partial charge in [0.2, 0.25) is 0 Å². The van der Waals surface area contributed by atoms with Gasteiger partial charge in [-0.05, 0) is 36.6 Å². The lowest BCUT2D eigenvalue weighted by Crippen LogP contribution is -2.00. The number of pyridine rings is 1.